The average molecular weight is 248 g/mol. The number of methoxy groups -OCH3 is 1. The van der Waals surface area contributed by atoms with E-state index in [9.17, 15) is 4.79 Å². The molecule has 0 heterocycles. The van der Waals surface area contributed by atoms with E-state index >= 15 is 0 Å². The Bertz CT molecular complexity index is 410. The molecule has 0 atom stereocenters. The van der Waals surface area contributed by atoms with Crippen molar-refractivity contribution in [2.75, 3.05) is 27.2 Å². The normalized spacial score (nSPS) is 16.1. The van der Waals surface area contributed by atoms with Crippen molar-refractivity contribution in [3.05, 3.63) is 29.8 Å². The van der Waals surface area contributed by atoms with E-state index in [1.54, 1.807) is 14.2 Å². The fraction of sp³-hybridized carbons (Fsp3) is 0.500. The van der Waals surface area contributed by atoms with Crippen molar-refractivity contribution < 1.29 is 9.53 Å². The summed E-state index contributed by atoms with van der Waals surface area (Å²) in [5.74, 6) is 0.922. The van der Waals surface area contributed by atoms with Crippen molar-refractivity contribution in [2.45, 2.75) is 18.3 Å². The first-order valence-electron chi connectivity index (χ1n) is 6.26. The Morgan fingerprint density at radius 3 is 2.50 bits per heavy atom. The molecule has 0 aliphatic heterocycles. The van der Waals surface area contributed by atoms with Crippen molar-refractivity contribution in [1.29, 1.82) is 0 Å². The number of amides is 1. The van der Waals surface area contributed by atoms with Gasteiger partial charge in [0, 0.05) is 12.0 Å². The highest BCUT2D eigenvalue weighted by Crippen LogP contribution is 2.47. The summed E-state index contributed by atoms with van der Waals surface area (Å²) in [4.78, 5) is 11.5. The zero-order valence-corrected chi connectivity index (χ0v) is 11.0. The third-order valence-electron chi connectivity index (χ3n) is 3.52. The molecule has 2 rings (SSSR count). The first kappa shape index (κ1) is 12.9. The van der Waals surface area contributed by atoms with E-state index in [1.807, 2.05) is 12.1 Å². The summed E-state index contributed by atoms with van der Waals surface area (Å²) in [6, 6.07) is 8.14. The Hall–Kier alpha value is -1.55. The zero-order valence-electron chi connectivity index (χ0n) is 11.0. The minimum atomic E-state index is 0.0530. The van der Waals surface area contributed by atoms with E-state index in [-0.39, 0.29) is 11.3 Å². The molecule has 1 aliphatic carbocycles. The minimum Gasteiger partial charge on any atom is -0.497 e. The Morgan fingerprint density at radius 2 is 2.00 bits per heavy atom. The number of carbonyl (C=O) groups excluding carboxylic acids is 1. The summed E-state index contributed by atoms with van der Waals surface area (Å²) in [7, 11) is 3.44. The van der Waals surface area contributed by atoms with Gasteiger partial charge in [0.1, 0.15) is 5.75 Å². The van der Waals surface area contributed by atoms with Crippen molar-refractivity contribution in [3.8, 4) is 5.75 Å². The number of hydrogen-bond acceptors (Lipinski definition) is 3. The molecule has 1 aliphatic rings. The fourth-order valence-corrected chi connectivity index (χ4v) is 2.15. The predicted molar refractivity (Wildman–Crippen MR) is 70.8 cm³/mol. The monoisotopic (exact) mass is 248 g/mol. The number of rotatable bonds is 6. The Kier molecular flexibility index (Phi) is 3.87. The van der Waals surface area contributed by atoms with Gasteiger partial charge < -0.3 is 15.4 Å². The van der Waals surface area contributed by atoms with Crippen LogP contribution in [0.1, 0.15) is 18.4 Å². The lowest BCUT2D eigenvalue weighted by molar-refractivity contribution is -0.120. The molecule has 1 fully saturated rings. The van der Waals surface area contributed by atoms with Crippen molar-refractivity contribution in [1.82, 2.24) is 10.6 Å². The van der Waals surface area contributed by atoms with E-state index in [0.717, 1.165) is 25.1 Å². The molecule has 0 radical (unpaired) electrons. The maximum Gasteiger partial charge on any atom is 0.233 e. The smallest absolute Gasteiger partial charge is 0.233 e. The van der Waals surface area contributed by atoms with Crippen LogP contribution >= 0.6 is 0 Å². The molecule has 0 bridgehead atoms. The lowest BCUT2D eigenvalue weighted by atomic mass is 9.96. The number of nitrogens with one attached hydrogen (secondary N) is 2. The second-order valence-electron chi connectivity index (χ2n) is 4.82. The largest absolute Gasteiger partial charge is 0.497 e. The molecule has 0 saturated heterocycles. The van der Waals surface area contributed by atoms with Gasteiger partial charge in [-0.2, -0.15) is 0 Å². The maximum atomic E-state index is 11.5. The van der Waals surface area contributed by atoms with E-state index in [0.29, 0.717) is 6.54 Å². The van der Waals surface area contributed by atoms with Gasteiger partial charge in [0.15, 0.2) is 0 Å². The molecule has 4 nitrogen and oxygen atoms in total. The van der Waals surface area contributed by atoms with Gasteiger partial charge in [-0.25, -0.2) is 0 Å². The van der Waals surface area contributed by atoms with Gasteiger partial charge >= 0.3 is 0 Å². The molecule has 1 saturated carbocycles. The highest BCUT2D eigenvalue weighted by Gasteiger charge is 2.44. The van der Waals surface area contributed by atoms with Gasteiger partial charge in [-0.05, 0) is 37.6 Å². The molecule has 1 aromatic rings. The Balaban J connectivity index is 1.96. The highest BCUT2D eigenvalue weighted by molar-refractivity contribution is 5.78. The van der Waals surface area contributed by atoms with Crippen LogP contribution in [0.3, 0.4) is 0 Å². The van der Waals surface area contributed by atoms with Crippen LogP contribution in [0.15, 0.2) is 24.3 Å². The van der Waals surface area contributed by atoms with Gasteiger partial charge in [0.25, 0.3) is 0 Å². The van der Waals surface area contributed by atoms with Crippen LogP contribution in [0.25, 0.3) is 0 Å². The van der Waals surface area contributed by atoms with Gasteiger partial charge in [0.05, 0.1) is 13.7 Å². The van der Waals surface area contributed by atoms with Crippen LogP contribution in [-0.2, 0) is 10.2 Å². The van der Waals surface area contributed by atoms with Crippen molar-refractivity contribution >= 4 is 5.91 Å². The van der Waals surface area contributed by atoms with Gasteiger partial charge in [-0.1, -0.05) is 12.1 Å². The number of benzene rings is 1. The lowest BCUT2D eigenvalue weighted by Crippen LogP contribution is -2.37. The second-order valence-corrected chi connectivity index (χ2v) is 4.82. The third-order valence-corrected chi connectivity index (χ3v) is 3.52. The Morgan fingerprint density at radius 1 is 1.33 bits per heavy atom. The highest BCUT2D eigenvalue weighted by atomic mass is 16.5. The van der Waals surface area contributed by atoms with E-state index in [4.69, 9.17) is 4.74 Å². The zero-order chi connectivity index (χ0) is 13.0. The lowest BCUT2D eigenvalue weighted by Gasteiger charge is -2.17. The molecular weight excluding hydrogens is 228 g/mol. The van der Waals surface area contributed by atoms with Crippen LogP contribution < -0.4 is 15.4 Å². The molecular formula is C14H20N2O2. The van der Waals surface area contributed by atoms with Crippen LogP contribution in [0.2, 0.25) is 0 Å². The molecule has 1 amide bonds. The van der Waals surface area contributed by atoms with Crippen LogP contribution in [0, 0.1) is 0 Å². The third kappa shape index (κ3) is 2.82. The topological polar surface area (TPSA) is 50.4 Å². The van der Waals surface area contributed by atoms with E-state index in [2.05, 4.69) is 22.8 Å². The summed E-state index contributed by atoms with van der Waals surface area (Å²) >= 11 is 0. The molecule has 2 N–H and O–H groups in total. The van der Waals surface area contributed by atoms with Crippen LogP contribution in [0.5, 0.6) is 5.75 Å². The summed E-state index contributed by atoms with van der Waals surface area (Å²) in [5, 5.41) is 5.83. The first-order valence-corrected chi connectivity index (χ1v) is 6.26. The maximum absolute atomic E-state index is 11.5. The standard InChI is InChI=1S/C14H20N2O2/c1-15-9-13(17)16-10-14(7-8-14)11-3-5-12(18-2)6-4-11/h3-6,15H,7-10H2,1-2H3,(H,16,17). The second kappa shape index (κ2) is 5.40. The van der Waals surface area contributed by atoms with E-state index in [1.165, 1.54) is 5.56 Å². The molecule has 0 spiro atoms. The first-order chi connectivity index (χ1) is 8.70. The van der Waals surface area contributed by atoms with Crippen molar-refractivity contribution in [3.63, 3.8) is 0 Å². The quantitative estimate of drug-likeness (QED) is 0.791. The van der Waals surface area contributed by atoms with Crippen molar-refractivity contribution in [2.24, 2.45) is 0 Å². The summed E-state index contributed by atoms with van der Waals surface area (Å²) in [6.45, 7) is 1.10. The number of likely N-dealkylation sites (N-methyl/N-ethyl adjacent to an activating group) is 1. The molecule has 18 heavy (non-hydrogen) atoms. The number of hydrogen-bond donors (Lipinski definition) is 2. The summed E-state index contributed by atoms with van der Waals surface area (Å²) in [6.07, 6.45) is 2.28. The molecule has 1 aromatic carbocycles. The molecule has 0 unspecified atom stereocenters. The molecule has 0 aromatic heterocycles. The number of carbonyl (C=O) groups is 1. The van der Waals surface area contributed by atoms with Gasteiger partial charge in [0.2, 0.25) is 5.91 Å². The van der Waals surface area contributed by atoms with E-state index < -0.39 is 0 Å². The van der Waals surface area contributed by atoms with Gasteiger partial charge in [-0.15, -0.1) is 0 Å². The summed E-state index contributed by atoms with van der Waals surface area (Å²) < 4.78 is 5.15. The Labute approximate surface area is 108 Å². The average Bonchev–Trinajstić information content (AvgIpc) is 3.18. The fourth-order valence-electron chi connectivity index (χ4n) is 2.15. The SMILES string of the molecule is CNCC(=O)NCC1(c2ccc(OC)cc2)CC1. The number of ether oxygens (including phenoxy) is 1. The van der Waals surface area contributed by atoms with Crippen LogP contribution in [-0.4, -0.2) is 33.2 Å². The minimum absolute atomic E-state index is 0.0530. The van der Waals surface area contributed by atoms with Crippen LogP contribution in [0.4, 0.5) is 0 Å². The molecule has 4 heteroatoms. The van der Waals surface area contributed by atoms with Gasteiger partial charge in [-0.3, -0.25) is 4.79 Å². The molecule has 98 valence electrons. The predicted octanol–water partition coefficient (Wildman–Crippen LogP) is 1.06. The summed E-state index contributed by atoms with van der Waals surface area (Å²) in [5.41, 5.74) is 1.43.